The van der Waals surface area contributed by atoms with Crippen LogP contribution in [-0.2, 0) is 5.41 Å². The summed E-state index contributed by atoms with van der Waals surface area (Å²) in [6.07, 6.45) is 0. The lowest BCUT2D eigenvalue weighted by molar-refractivity contribution is 0.768. The highest BCUT2D eigenvalue weighted by atomic mass is 127. The number of rotatable bonds is 3. The van der Waals surface area contributed by atoms with E-state index in [9.17, 15) is 0 Å². The molecule has 0 saturated carbocycles. The summed E-state index contributed by atoms with van der Waals surface area (Å²) in [5.74, 6) is 0.848. The summed E-state index contributed by atoms with van der Waals surface area (Å²) in [7, 11) is 0. The van der Waals surface area contributed by atoms with E-state index >= 15 is 0 Å². The normalized spacial score (nSPS) is 13.4. The zero-order chi connectivity index (χ0) is 28.5. The van der Waals surface area contributed by atoms with Gasteiger partial charge in [-0.2, -0.15) is 0 Å². The summed E-state index contributed by atoms with van der Waals surface area (Å²) in [5, 5.41) is 13.2. The predicted molar refractivity (Wildman–Crippen MR) is 183 cm³/mol. The van der Waals surface area contributed by atoms with E-state index < -0.39 is 5.41 Å². The fourth-order valence-corrected chi connectivity index (χ4v) is 7.78. The number of aromatic nitrogens is 3. The number of pyridine rings is 1. The SMILES string of the molecule is Ic1ccc2c(c1)c1ccccc1c1nnc(-c3ccc4c(c3)C(c3ccccc3)(c3ccccc3)c3ccccc3-4)n21. The van der Waals surface area contributed by atoms with Gasteiger partial charge in [0.1, 0.15) is 0 Å². The van der Waals surface area contributed by atoms with E-state index in [4.69, 9.17) is 10.2 Å². The van der Waals surface area contributed by atoms with Crippen LogP contribution in [0.25, 0.3) is 49.8 Å². The maximum atomic E-state index is 4.87. The topological polar surface area (TPSA) is 30.2 Å². The summed E-state index contributed by atoms with van der Waals surface area (Å²) >= 11 is 2.40. The van der Waals surface area contributed by atoms with Crippen molar-refractivity contribution < 1.29 is 0 Å². The highest BCUT2D eigenvalue weighted by Crippen LogP contribution is 2.56. The van der Waals surface area contributed by atoms with Crippen LogP contribution in [0.4, 0.5) is 0 Å². The number of halogens is 1. The van der Waals surface area contributed by atoms with E-state index in [1.165, 1.54) is 47.7 Å². The van der Waals surface area contributed by atoms with Gasteiger partial charge in [0.2, 0.25) is 0 Å². The van der Waals surface area contributed by atoms with Crippen molar-refractivity contribution in [3.8, 4) is 22.5 Å². The molecule has 0 N–H and O–H groups in total. The van der Waals surface area contributed by atoms with E-state index in [2.05, 4.69) is 173 Å². The molecule has 0 amide bonds. The van der Waals surface area contributed by atoms with Gasteiger partial charge in [-0.1, -0.05) is 121 Å². The molecular weight excluding hydrogens is 637 g/mol. The molecule has 6 aromatic carbocycles. The van der Waals surface area contributed by atoms with Crippen LogP contribution >= 0.6 is 22.6 Å². The predicted octanol–water partition coefficient (Wildman–Crippen LogP) is 9.67. The largest absolute Gasteiger partial charge is 0.274 e. The third-order valence-electron chi connectivity index (χ3n) is 9.04. The molecule has 3 nitrogen and oxygen atoms in total. The Bertz CT molecular complexity index is 2320. The van der Waals surface area contributed by atoms with Crippen molar-refractivity contribution in [2.75, 3.05) is 0 Å². The van der Waals surface area contributed by atoms with Crippen LogP contribution < -0.4 is 0 Å². The fraction of sp³-hybridized carbons (Fsp3) is 0.0256. The molecule has 202 valence electrons. The second kappa shape index (κ2) is 9.35. The van der Waals surface area contributed by atoms with Crippen LogP contribution in [0.1, 0.15) is 22.3 Å². The van der Waals surface area contributed by atoms with Gasteiger partial charge >= 0.3 is 0 Å². The molecule has 2 aromatic heterocycles. The summed E-state index contributed by atoms with van der Waals surface area (Å²) in [6.45, 7) is 0. The van der Waals surface area contributed by atoms with Crippen LogP contribution in [0, 0.1) is 3.57 Å². The summed E-state index contributed by atoms with van der Waals surface area (Å²) < 4.78 is 3.44. The highest BCUT2D eigenvalue weighted by molar-refractivity contribution is 14.1. The molecule has 0 aliphatic heterocycles. The minimum atomic E-state index is -0.462. The standard InChI is InChI=1S/C39H24IN3/c40-28-20-22-36-33(24-28)29-15-7-8-17-32(29)38-42-41-37(43(36)38)25-19-21-31-30-16-9-10-18-34(30)39(35(31)23-25,26-11-3-1-4-12-26)27-13-5-2-6-14-27/h1-24H. The lowest BCUT2D eigenvalue weighted by atomic mass is 9.67. The van der Waals surface area contributed by atoms with Crippen LogP contribution in [0.2, 0.25) is 0 Å². The van der Waals surface area contributed by atoms with Gasteiger partial charge < -0.3 is 0 Å². The van der Waals surface area contributed by atoms with E-state index in [0.717, 1.165) is 27.9 Å². The average molecular weight is 662 g/mol. The molecular formula is C39H24IN3. The second-order valence-electron chi connectivity index (χ2n) is 11.2. The van der Waals surface area contributed by atoms with E-state index in [1.54, 1.807) is 0 Å². The zero-order valence-electron chi connectivity index (χ0n) is 23.1. The number of benzene rings is 6. The van der Waals surface area contributed by atoms with Gasteiger partial charge in [-0.3, -0.25) is 4.40 Å². The van der Waals surface area contributed by atoms with Crippen molar-refractivity contribution in [1.82, 2.24) is 14.6 Å². The first-order valence-electron chi connectivity index (χ1n) is 14.5. The first kappa shape index (κ1) is 24.8. The molecule has 0 atom stereocenters. The lowest BCUT2D eigenvalue weighted by Gasteiger charge is -2.34. The number of hydrogen-bond donors (Lipinski definition) is 0. The summed E-state index contributed by atoms with van der Waals surface area (Å²) in [6, 6.07) is 52.7. The first-order chi connectivity index (χ1) is 21.2. The van der Waals surface area contributed by atoms with Gasteiger partial charge in [0.15, 0.2) is 11.5 Å². The Kier molecular flexibility index (Phi) is 5.38. The number of hydrogen-bond acceptors (Lipinski definition) is 2. The molecule has 9 rings (SSSR count). The number of fused-ring (bicyclic) bond motifs is 9. The average Bonchev–Trinajstić information content (AvgIpc) is 3.64. The van der Waals surface area contributed by atoms with Crippen LogP contribution in [0.15, 0.2) is 146 Å². The van der Waals surface area contributed by atoms with Crippen molar-refractivity contribution in [2.45, 2.75) is 5.41 Å². The van der Waals surface area contributed by atoms with Crippen LogP contribution in [0.5, 0.6) is 0 Å². The molecule has 1 aliphatic rings. The maximum Gasteiger partial charge on any atom is 0.169 e. The van der Waals surface area contributed by atoms with Crippen molar-refractivity contribution in [1.29, 1.82) is 0 Å². The van der Waals surface area contributed by atoms with Gasteiger partial charge in [0, 0.05) is 19.9 Å². The quantitative estimate of drug-likeness (QED) is 0.140. The van der Waals surface area contributed by atoms with Crippen molar-refractivity contribution in [3.63, 3.8) is 0 Å². The Morgan fingerprint density at radius 1 is 0.512 bits per heavy atom. The maximum absolute atomic E-state index is 4.87. The first-order valence-corrected chi connectivity index (χ1v) is 15.5. The fourth-order valence-electron chi connectivity index (χ4n) is 7.29. The minimum Gasteiger partial charge on any atom is -0.274 e. The molecule has 2 heterocycles. The van der Waals surface area contributed by atoms with Crippen molar-refractivity contribution >= 4 is 49.9 Å². The molecule has 0 radical (unpaired) electrons. The minimum absolute atomic E-state index is 0.462. The molecule has 43 heavy (non-hydrogen) atoms. The van der Waals surface area contributed by atoms with E-state index in [0.29, 0.717) is 0 Å². The molecule has 0 bridgehead atoms. The Morgan fingerprint density at radius 3 is 1.93 bits per heavy atom. The van der Waals surface area contributed by atoms with Gasteiger partial charge in [-0.05, 0) is 85.6 Å². The van der Waals surface area contributed by atoms with Crippen molar-refractivity contribution in [2.24, 2.45) is 0 Å². The smallest absolute Gasteiger partial charge is 0.169 e. The van der Waals surface area contributed by atoms with Crippen molar-refractivity contribution in [3.05, 3.63) is 171 Å². The van der Waals surface area contributed by atoms with Crippen LogP contribution in [0.3, 0.4) is 0 Å². The third-order valence-corrected chi connectivity index (χ3v) is 9.71. The lowest BCUT2D eigenvalue weighted by Crippen LogP contribution is -2.28. The molecule has 0 fully saturated rings. The van der Waals surface area contributed by atoms with E-state index in [-0.39, 0.29) is 0 Å². The Labute approximate surface area is 262 Å². The third kappa shape index (κ3) is 3.41. The molecule has 0 unspecified atom stereocenters. The Balaban J connectivity index is 1.39. The number of nitrogens with zero attached hydrogens (tertiary/aromatic N) is 3. The second-order valence-corrected chi connectivity index (χ2v) is 12.4. The highest BCUT2D eigenvalue weighted by Gasteiger charge is 2.46. The summed E-state index contributed by atoms with van der Waals surface area (Å²) in [5.41, 5.74) is 10.2. The van der Waals surface area contributed by atoms with Gasteiger partial charge in [-0.15, -0.1) is 10.2 Å². The monoisotopic (exact) mass is 661 g/mol. The molecule has 0 spiro atoms. The van der Waals surface area contributed by atoms with Gasteiger partial charge in [0.25, 0.3) is 0 Å². The molecule has 4 heteroatoms. The Hall–Kier alpha value is -4.81. The molecule has 1 aliphatic carbocycles. The summed E-state index contributed by atoms with van der Waals surface area (Å²) in [4.78, 5) is 0. The van der Waals surface area contributed by atoms with Crippen LogP contribution in [-0.4, -0.2) is 14.6 Å². The molecule has 8 aromatic rings. The van der Waals surface area contributed by atoms with Gasteiger partial charge in [-0.25, -0.2) is 0 Å². The molecule has 0 saturated heterocycles. The van der Waals surface area contributed by atoms with E-state index in [1.807, 2.05) is 0 Å². The Morgan fingerprint density at radius 2 is 1.16 bits per heavy atom. The van der Waals surface area contributed by atoms with Gasteiger partial charge in [0.05, 0.1) is 10.9 Å². The zero-order valence-corrected chi connectivity index (χ0v) is 25.2.